The van der Waals surface area contributed by atoms with Crippen molar-refractivity contribution in [2.75, 3.05) is 0 Å². The molecule has 0 aliphatic rings. The van der Waals surface area contributed by atoms with Gasteiger partial charge in [-0.15, -0.1) is 0 Å². The van der Waals surface area contributed by atoms with Crippen molar-refractivity contribution in [1.29, 1.82) is 5.26 Å². The van der Waals surface area contributed by atoms with E-state index in [0.717, 1.165) is 0 Å². The van der Waals surface area contributed by atoms with Crippen molar-refractivity contribution in [3.63, 3.8) is 0 Å². The van der Waals surface area contributed by atoms with Crippen LogP contribution in [0.3, 0.4) is 0 Å². The lowest BCUT2D eigenvalue weighted by atomic mass is 10.0. The number of nitriles is 1. The van der Waals surface area contributed by atoms with Crippen LogP contribution in [0.1, 0.15) is 11.1 Å². The molecule has 0 bridgehead atoms. The summed E-state index contributed by atoms with van der Waals surface area (Å²) in [5, 5.41) is 9.25. The van der Waals surface area contributed by atoms with Crippen LogP contribution in [0.4, 0.5) is 8.78 Å². The van der Waals surface area contributed by atoms with Crippen LogP contribution in [-0.4, -0.2) is 11.6 Å². The van der Waals surface area contributed by atoms with Gasteiger partial charge in [0.05, 0.1) is 11.3 Å². The van der Waals surface area contributed by atoms with Crippen LogP contribution < -0.4 is 10.5 Å². The topological polar surface area (TPSA) is 71.9 Å². The number of hydrogen-bond acceptors (Lipinski definition) is 4. The van der Waals surface area contributed by atoms with Gasteiger partial charge in [-0.2, -0.15) is 14.0 Å². The summed E-state index contributed by atoms with van der Waals surface area (Å²) in [5.74, 6) is 0.0315. The average Bonchev–Trinajstić information content (AvgIpc) is 2.49. The molecule has 106 valence electrons. The Balaban J connectivity index is 2.35. The molecular formula is C15H11F2N3O. The van der Waals surface area contributed by atoms with Crippen LogP contribution in [-0.2, 0) is 0 Å². The lowest BCUT2D eigenvalue weighted by Crippen LogP contribution is -2.03. The number of nitrogens with two attached hydrogens (primary N) is 1. The molecule has 0 radical (unpaired) electrons. The number of halogens is 2. The van der Waals surface area contributed by atoms with Crippen LogP contribution in [0.25, 0.3) is 11.3 Å². The van der Waals surface area contributed by atoms with Gasteiger partial charge in [-0.25, -0.2) is 0 Å². The molecule has 1 heterocycles. The van der Waals surface area contributed by atoms with Gasteiger partial charge in [0.1, 0.15) is 11.8 Å². The van der Waals surface area contributed by atoms with Crippen molar-refractivity contribution in [2.45, 2.75) is 6.61 Å². The van der Waals surface area contributed by atoms with Crippen LogP contribution in [0, 0.1) is 11.3 Å². The molecule has 21 heavy (non-hydrogen) atoms. The Labute approximate surface area is 120 Å². The molecule has 2 rings (SSSR count). The van der Waals surface area contributed by atoms with Gasteiger partial charge in [0.2, 0.25) is 0 Å². The fourth-order valence-corrected chi connectivity index (χ4v) is 1.76. The number of ether oxygens (including phenoxy) is 1. The van der Waals surface area contributed by atoms with E-state index in [0.29, 0.717) is 16.7 Å². The minimum Gasteiger partial charge on any atom is -0.435 e. The second kappa shape index (κ2) is 6.48. The predicted octanol–water partition coefficient (Wildman–Crippen LogP) is 3.03. The molecule has 0 unspecified atom stereocenters. The lowest BCUT2D eigenvalue weighted by molar-refractivity contribution is -0.0498. The maximum absolute atomic E-state index is 12.1. The summed E-state index contributed by atoms with van der Waals surface area (Å²) >= 11 is 0. The Kier molecular flexibility index (Phi) is 4.46. The maximum atomic E-state index is 12.1. The Morgan fingerprint density at radius 3 is 2.24 bits per heavy atom. The minimum absolute atomic E-state index is 0.0315. The largest absolute Gasteiger partial charge is 0.435 e. The smallest absolute Gasteiger partial charge is 0.387 e. The van der Waals surface area contributed by atoms with Crippen LogP contribution in [0.15, 0.2) is 48.8 Å². The van der Waals surface area contributed by atoms with Gasteiger partial charge in [-0.1, -0.05) is 0 Å². The van der Waals surface area contributed by atoms with Gasteiger partial charge >= 0.3 is 6.61 Å². The zero-order valence-electron chi connectivity index (χ0n) is 10.8. The molecule has 0 atom stereocenters. The molecular weight excluding hydrogens is 276 g/mol. The highest BCUT2D eigenvalue weighted by Gasteiger charge is 2.09. The molecule has 2 N–H and O–H groups in total. The standard InChI is InChI=1S/C15H11F2N3O/c16-15(17)21-12-3-1-11(2-4-12)14(19)13(9-18)10-5-7-20-8-6-10/h1-8,15H,19H2/b14-13-. The molecule has 0 saturated heterocycles. The Morgan fingerprint density at radius 1 is 1.10 bits per heavy atom. The molecule has 0 aliphatic carbocycles. The second-order valence-electron chi connectivity index (χ2n) is 4.04. The molecule has 0 saturated carbocycles. The Morgan fingerprint density at radius 2 is 1.71 bits per heavy atom. The van der Waals surface area contributed by atoms with Gasteiger partial charge in [-0.3, -0.25) is 4.98 Å². The fraction of sp³-hybridized carbons (Fsp3) is 0.0667. The number of aromatic nitrogens is 1. The van der Waals surface area contributed by atoms with Crippen molar-refractivity contribution in [3.8, 4) is 11.8 Å². The van der Waals surface area contributed by atoms with Crippen LogP contribution in [0.2, 0.25) is 0 Å². The van der Waals surface area contributed by atoms with Gasteiger partial charge in [0.15, 0.2) is 0 Å². The first kappa shape index (κ1) is 14.5. The summed E-state index contributed by atoms with van der Waals surface area (Å²) in [6.07, 6.45) is 3.11. The zero-order valence-corrected chi connectivity index (χ0v) is 10.8. The molecule has 6 heteroatoms. The number of alkyl halides is 2. The number of pyridine rings is 1. The van der Waals surface area contributed by atoms with Gasteiger partial charge in [-0.05, 0) is 47.5 Å². The molecule has 0 aliphatic heterocycles. The molecule has 4 nitrogen and oxygen atoms in total. The number of allylic oxidation sites excluding steroid dienone is 1. The van der Waals surface area contributed by atoms with Crippen molar-refractivity contribution in [1.82, 2.24) is 4.98 Å². The van der Waals surface area contributed by atoms with Crippen molar-refractivity contribution < 1.29 is 13.5 Å². The maximum Gasteiger partial charge on any atom is 0.387 e. The second-order valence-corrected chi connectivity index (χ2v) is 4.04. The Bertz CT molecular complexity index is 676. The monoisotopic (exact) mass is 287 g/mol. The predicted molar refractivity (Wildman–Crippen MR) is 73.9 cm³/mol. The van der Waals surface area contributed by atoms with Crippen molar-refractivity contribution in [3.05, 3.63) is 59.9 Å². The van der Waals surface area contributed by atoms with E-state index in [-0.39, 0.29) is 11.4 Å². The average molecular weight is 287 g/mol. The minimum atomic E-state index is -2.88. The fourth-order valence-electron chi connectivity index (χ4n) is 1.76. The number of benzene rings is 1. The van der Waals surface area contributed by atoms with Gasteiger partial charge in [0.25, 0.3) is 0 Å². The zero-order chi connectivity index (χ0) is 15.2. The molecule has 1 aromatic heterocycles. The summed E-state index contributed by atoms with van der Waals surface area (Å²) in [6, 6.07) is 11.2. The normalized spacial score (nSPS) is 11.7. The quantitative estimate of drug-likeness (QED) is 0.877. The third kappa shape index (κ3) is 3.54. The summed E-state index contributed by atoms with van der Waals surface area (Å²) in [5.41, 5.74) is 7.71. The third-order valence-electron chi connectivity index (χ3n) is 2.74. The third-order valence-corrected chi connectivity index (χ3v) is 2.74. The van der Waals surface area contributed by atoms with Gasteiger partial charge in [0, 0.05) is 12.4 Å². The highest BCUT2D eigenvalue weighted by molar-refractivity contribution is 5.95. The van der Waals surface area contributed by atoms with Crippen molar-refractivity contribution in [2.24, 2.45) is 5.73 Å². The summed E-state index contributed by atoms with van der Waals surface area (Å²) < 4.78 is 28.4. The van der Waals surface area contributed by atoms with Crippen molar-refractivity contribution >= 4 is 11.3 Å². The van der Waals surface area contributed by atoms with E-state index in [1.165, 1.54) is 24.3 Å². The van der Waals surface area contributed by atoms with Gasteiger partial charge < -0.3 is 10.5 Å². The van der Waals surface area contributed by atoms with E-state index < -0.39 is 6.61 Å². The number of hydrogen-bond donors (Lipinski definition) is 1. The molecule has 0 amide bonds. The van der Waals surface area contributed by atoms with E-state index in [1.807, 2.05) is 6.07 Å². The van der Waals surface area contributed by atoms with Crippen LogP contribution >= 0.6 is 0 Å². The highest BCUT2D eigenvalue weighted by atomic mass is 19.3. The summed E-state index contributed by atoms with van der Waals surface area (Å²) in [7, 11) is 0. The molecule has 1 aromatic carbocycles. The first-order valence-electron chi connectivity index (χ1n) is 5.97. The SMILES string of the molecule is N#C/C(=C(/N)c1ccc(OC(F)F)cc1)c1ccncc1. The lowest BCUT2D eigenvalue weighted by Gasteiger charge is -2.08. The molecule has 2 aromatic rings. The number of nitrogens with zero attached hydrogens (tertiary/aromatic N) is 2. The first-order chi connectivity index (χ1) is 10.1. The van der Waals surface area contributed by atoms with E-state index in [4.69, 9.17) is 5.73 Å². The van der Waals surface area contributed by atoms with E-state index in [2.05, 4.69) is 9.72 Å². The summed E-state index contributed by atoms with van der Waals surface area (Å²) in [6.45, 7) is -2.88. The molecule has 0 spiro atoms. The molecule has 0 fully saturated rings. The Hall–Kier alpha value is -2.94. The number of rotatable bonds is 4. The van der Waals surface area contributed by atoms with E-state index >= 15 is 0 Å². The first-order valence-corrected chi connectivity index (χ1v) is 5.97. The van der Waals surface area contributed by atoms with Crippen LogP contribution in [0.5, 0.6) is 5.75 Å². The summed E-state index contributed by atoms with van der Waals surface area (Å²) in [4.78, 5) is 3.87. The van der Waals surface area contributed by atoms with E-state index in [1.54, 1.807) is 24.5 Å². The van der Waals surface area contributed by atoms with E-state index in [9.17, 15) is 14.0 Å². The highest BCUT2D eigenvalue weighted by Crippen LogP contribution is 2.24.